The van der Waals surface area contributed by atoms with Crippen LogP contribution in [-0.2, 0) is 10.2 Å². The smallest absolute Gasteiger partial charge is 0.329 e. The molecule has 2 amide bonds. The first kappa shape index (κ1) is 31.0. The summed E-state index contributed by atoms with van der Waals surface area (Å²) >= 11 is 0. The standard InChI is InChI=1S/C30H55N3O5S/c1-8-20-24-17-19(34)11-14-30(24,7)23-12-15-29(6)21(9-10-22(29)25(23)26(20)35)18(2)13-16-31-27(36)32-39(37,38)33-28(3,4)5/h18-26,33-35H,8-17H2,1-7H3,(H2,31,32,36)/t18-,19-,20-,21-,22?,23+,24?,25?,26-,29-,30?/m1/s1. The molecule has 0 radical (unpaired) electrons. The van der Waals surface area contributed by atoms with Crippen molar-refractivity contribution in [2.75, 3.05) is 6.54 Å². The zero-order valence-electron chi connectivity index (χ0n) is 25.3. The Labute approximate surface area is 237 Å². The largest absolute Gasteiger partial charge is 0.393 e. The highest BCUT2D eigenvalue weighted by Gasteiger charge is 2.64. The first-order valence-electron chi connectivity index (χ1n) is 15.5. The molecule has 0 heterocycles. The van der Waals surface area contributed by atoms with Crippen molar-refractivity contribution in [2.45, 2.75) is 124 Å². The summed E-state index contributed by atoms with van der Waals surface area (Å²) in [7, 11) is -3.92. The summed E-state index contributed by atoms with van der Waals surface area (Å²) in [6.07, 6.45) is 8.65. The van der Waals surface area contributed by atoms with Crippen molar-refractivity contribution >= 4 is 16.2 Å². The van der Waals surface area contributed by atoms with E-state index in [-0.39, 0.29) is 29.0 Å². The van der Waals surface area contributed by atoms with Gasteiger partial charge in [0.2, 0.25) is 0 Å². The topological polar surface area (TPSA) is 128 Å². The maximum absolute atomic E-state index is 12.3. The summed E-state index contributed by atoms with van der Waals surface area (Å²) in [6.45, 7) is 15.0. The Morgan fingerprint density at radius 3 is 2.28 bits per heavy atom. The quantitative estimate of drug-likeness (QED) is 0.307. The molecular formula is C30H55N3O5S. The second-order valence-corrected chi connectivity index (χ2v) is 16.5. The molecule has 0 aromatic heterocycles. The van der Waals surface area contributed by atoms with Crippen LogP contribution in [0.3, 0.4) is 0 Å². The average molecular weight is 570 g/mol. The van der Waals surface area contributed by atoms with Crippen LogP contribution < -0.4 is 14.8 Å². The van der Waals surface area contributed by atoms with E-state index in [0.717, 1.165) is 51.4 Å². The zero-order valence-corrected chi connectivity index (χ0v) is 26.1. The molecule has 4 saturated carbocycles. The van der Waals surface area contributed by atoms with Crippen molar-refractivity contribution in [2.24, 2.45) is 52.3 Å². The average Bonchev–Trinajstić information content (AvgIpc) is 3.15. The van der Waals surface area contributed by atoms with Crippen molar-refractivity contribution in [3.63, 3.8) is 0 Å². The Hall–Kier alpha value is -0.900. The van der Waals surface area contributed by atoms with Gasteiger partial charge in [0.1, 0.15) is 0 Å². The molecule has 0 aromatic rings. The monoisotopic (exact) mass is 569 g/mol. The molecule has 11 atom stereocenters. The molecular weight excluding hydrogens is 514 g/mol. The van der Waals surface area contributed by atoms with Gasteiger partial charge >= 0.3 is 16.2 Å². The van der Waals surface area contributed by atoms with Crippen LogP contribution in [0.5, 0.6) is 0 Å². The van der Waals surface area contributed by atoms with E-state index in [0.29, 0.717) is 42.1 Å². The third-order valence-electron chi connectivity index (χ3n) is 11.7. The van der Waals surface area contributed by atoms with Gasteiger partial charge in [-0.3, -0.25) is 0 Å². The molecule has 0 aliphatic heterocycles. The van der Waals surface area contributed by atoms with Crippen LogP contribution in [0.15, 0.2) is 0 Å². The summed E-state index contributed by atoms with van der Waals surface area (Å²) in [4.78, 5) is 12.3. The van der Waals surface area contributed by atoms with E-state index in [1.165, 1.54) is 6.42 Å². The number of carbonyl (C=O) groups is 1. The number of nitrogens with one attached hydrogen (secondary N) is 3. The maximum Gasteiger partial charge on any atom is 0.329 e. The number of carbonyl (C=O) groups excluding carboxylic acids is 1. The highest BCUT2D eigenvalue weighted by atomic mass is 32.2. The second-order valence-electron chi connectivity index (χ2n) is 15.1. The lowest BCUT2D eigenvalue weighted by Crippen LogP contribution is -2.62. The van der Waals surface area contributed by atoms with Gasteiger partial charge in [-0.1, -0.05) is 34.1 Å². The van der Waals surface area contributed by atoms with E-state index in [9.17, 15) is 23.4 Å². The molecule has 39 heavy (non-hydrogen) atoms. The third kappa shape index (κ3) is 6.02. The highest BCUT2D eigenvalue weighted by Crippen LogP contribution is 2.69. The molecule has 4 fully saturated rings. The number of fused-ring (bicyclic) bond motifs is 5. The van der Waals surface area contributed by atoms with Crippen LogP contribution >= 0.6 is 0 Å². The minimum Gasteiger partial charge on any atom is -0.393 e. The van der Waals surface area contributed by atoms with Crippen LogP contribution in [-0.4, -0.2) is 49.0 Å². The Morgan fingerprint density at radius 2 is 1.64 bits per heavy atom. The van der Waals surface area contributed by atoms with E-state index < -0.39 is 21.8 Å². The van der Waals surface area contributed by atoms with Crippen molar-refractivity contribution in [1.29, 1.82) is 0 Å². The van der Waals surface area contributed by atoms with Gasteiger partial charge in [-0.25, -0.2) is 9.52 Å². The van der Waals surface area contributed by atoms with Crippen molar-refractivity contribution in [3.8, 4) is 0 Å². The van der Waals surface area contributed by atoms with E-state index in [1.54, 1.807) is 20.8 Å². The molecule has 4 rings (SSSR count). The molecule has 9 heteroatoms. The summed E-state index contributed by atoms with van der Waals surface area (Å²) in [5.41, 5.74) is -0.304. The van der Waals surface area contributed by atoms with Crippen LogP contribution in [0.4, 0.5) is 4.79 Å². The fourth-order valence-corrected chi connectivity index (χ4v) is 11.3. The summed E-state index contributed by atoms with van der Waals surface area (Å²) in [6, 6.07) is -0.702. The Balaban J connectivity index is 1.40. The molecule has 8 nitrogen and oxygen atoms in total. The van der Waals surface area contributed by atoms with Crippen LogP contribution in [0, 0.1) is 52.3 Å². The van der Waals surface area contributed by atoms with Crippen molar-refractivity contribution in [3.05, 3.63) is 0 Å². The fourth-order valence-electron chi connectivity index (χ4n) is 10.1. The maximum atomic E-state index is 12.3. The number of amides is 2. The lowest BCUT2D eigenvalue weighted by molar-refractivity contribution is -0.203. The van der Waals surface area contributed by atoms with Crippen molar-refractivity contribution < 1.29 is 23.4 Å². The minimum absolute atomic E-state index is 0.166. The van der Waals surface area contributed by atoms with Gasteiger partial charge in [-0.05, 0) is 124 Å². The second kappa shape index (κ2) is 11.1. The van der Waals surface area contributed by atoms with Gasteiger partial charge in [0.15, 0.2) is 0 Å². The molecule has 4 unspecified atom stereocenters. The molecule has 5 N–H and O–H groups in total. The molecule has 0 saturated heterocycles. The summed E-state index contributed by atoms with van der Waals surface area (Å²) in [5, 5.41) is 25.1. The summed E-state index contributed by atoms with van der Waals surface area (Å²) < 4.78 is 28.8. The number of hydrogen-bond donors (Lipinski definition) is 5. The first-order valence-corrected chi connectivity index (χ1v) is 17.0. The molecule has 0 bridgehead atoms. The van der Waals surface area contributed by atoms with Crippen molar-refractivity contribution in [1.82, 2.24) is 14.8 Å². The Bertz CT molecular complexity index is 999. The van der Waals surface area contributed by atoms with Gasteiger partial charge in [-0.15, -0.1) is 0 Å². The Morgan fingerprint density at radius 1 is 1.00 bits per heavy atom. The Kier molecular flexibility index (Phi) is 8.81. The molecule has 0 aromatic carbocycles. The summed E-state index contributed by atoms with van der Waals surface area (Å²) in [5.74, 6) is 2.92. The molecule has 0 spiro atoms. The predicted molar refractivity (Wildman–Crippen MR) is 154 cm³/mol. The van der Waals surface area contributed by atoms with Crippen LogP contribution in [0.2, 0.25) is 0 Å². The SMILES string of the molecule is CC[C@@H]1C2C[C@H](O)CCC2(C)[C@H]2CC[C@@]3(C)C(CC[C@@H]3[C@H](C)CCNC(=O)NS(=O)(=O)NC(C)(C)C)C2[C@@H]1O. The van der Waals surface area contributed by atoms with E-state index in [4.69, 9.17) is 0 Å². The van der Waals surface area contributed by atoms with Crippen LogP contribution in [0.25, 0.3) is 0 Å². The minimum atomic E-state index is -3.92. The third-order valence-corrected chi connectivity index (χ3v) is 13.0. The highest BCUT2D eigenvalue weighted by molar-refractivity contribution is 7.88. The van der Waals surface area contributed by atoms with Crippen LogP contribution in [0.1, 0.15) is 106 Å². The van der Waals surface area contributed by atoms with Gasteiger partial charge in [0, 0.05) is 12.1 Å². The van der Waals surface area contributed by atoms with Gasteiger partial charge < -0.3 is 15.5 Å². The first-order chi connectivity index (χ1) is 18.0. The van der Waals surface area contributed by atoms with Gasteiger partial charge in [0.05, 0.1) is 12.2 Å². The number of aliphatic hydroxyl groups excluding tert-OH is 2. The lowest BCUT2D eigenvalue weighted by Gasteiger charge is -2.64. The van der Waals surface area contributed by atoms with Gasteiger partial charge in [0.25, 0.3) is 0 Å². The fraction of sp³-hybridized carbons (Fsp3) is 0.967. The lowest BCUT2D eigenvalue weighted by atomic mass is 9.41. The number of hydrogen-bond acceptors (Lipinski definition) is 5. The molecule has 4 aliphatic carbocycles. The van der Waals surface area contributed by atoms with E-state index >= 15 is 0 Å². The number of urea groups is 1. The number of rotatable bonds is 7. The van der Waals surface area contributed by atoms with E-state index in [2.05, 4.69) is 42.5 Å². The predicted octanol–water partition coefficient (Wildman–Crippen LogP) is 4.57. The van der Waals surface area contributed by atoms with E-state index in [1.807, 2.05) is 0 Å². The number of aliphatic hydroxyl groups is 2. The molecule has 226 valence electrons. The van der Waals surface area contributed by atoms with Gasteiger partial charge in [-0.2, -0.15) is 13.1 Å². The molecule has 4 aliphatic rings. The normalized spacial score (nSPS) is 43.1. The zero-order chi connectivity index (χ0) is 29.0.